The Morgan fingerprint density at radius 1 is 1.07 bits per heavy atom. The Morgan fingerprint density at radius 3 is 2.36 bits per heavy atom. The van der Waals surface area contributed by atoms with Crippen molar-refractivity contribution in [1.82, 2.24) is 15.3 Å². The number of aromatic nitrogens is 2. The third kappa shape index (κ3) is 5.01. The average molecular weight is 392 g/mol. The lowest BCUT2D eigenvalue weighted by atomic mass is 9.95. The molecule has 0 amide bonds. The van der Waals surface area contributed by atoms with Crippen LogP contribution in [-0.4, -0.2) is 36.1 Å². The van der Waals surface area contributed by atoms with E-state index in [1.54, 1.807) is 0 Å². The molecule has 3 rings (SSSR count). The molecule has 0 unspecified atom stereocenters. The summed E-state index contributed by atoms with van der Waals surface area (Å²) in [5.41, 5.74) is 2.13. The van der Waals surface area contributed by atoms with Gasteiger partial charge in [-0.1, -0.05) is 26.8 Å². The number of halogens is 3. The van der Waals surface area contributed by atoms with Crippen molar-refractivity contribution in [3.05, 3.63) is 53.0 Å². The van der Waals surface area contributed by atoms with Gasteiger partial charge in [-0.15, -0.1) is 0 Å². The van der Waals surface area contributed by atoms with Crippen LogP contribution in [-0.2, 0) is 12.6 Å². The normalized spacial score (nSPS) is 16.5. The minimum absolute atomic E-state index is 0.0283. The molecule has 7 heteroatoms. The summed E-state index contributed by atoms with van der Waals surface area (Å²) < 4.78 is 38.2. The Balaban J connectivity index is 1.81. The Labute approximate surface area is 164 Å². The summed E-state index contributed by atoms with van der Waals surface area (Å²) in [7, 11) is 0. The van der Waals surface area contributed by atoms with Crippen molar-refractivity contribution in [2.24, 2.45) is 0 Å². The van der Waals surface area contributed by atoms with E-state index in [0.29, 0.717) is 12.3 Å². The Kier molecular flexibility index (Phi) is 6.23. The number of pyridine rings is 2. The quantitative estimate of drug-likeness (QED) is 0.820. The number of nitrogens with zero attached hydrogens (tertiary/aromatic N) is 3. The minimum Gasteiger partial charge on any atom is -0.354 e. The number of nitrogens with one attached hydrogen (secondary N) is 1. The number of alkyl halides is 3. The summed E-state index contributed by atoms with van der Waals surface area (Å²) in [6.45, 7) is 10.0. The van der Waals surface area contributed by atoms with Crippen molar-refractivity contribution in [3.8, 4) is 0 Å². The monoisotopic (exact) mass is 392 g/mol. The number of anilines is 1. The van der Waals surface area contributed by atoms with Gasteiger partial charge < -0.3 is 10.2 Å². The zero-order valence-electron chi connectivity index (χ0n) is 16.6. The van der Waals surface area contributed by atoms with Crippen LogP contribution in [0.3, 0.4) is 0 Å². The number of piperazine rings is 1. The lowest BCUT2D eigenvalue weighted by molar-refractivity contribution is -0.141. The number of hydrogen-bond donors (Lipinski definition) is 1. The summed E-state index contributed by atoms with van der Waals surface area (Å²) in [4.78, 5) is 10.7. The van der Waals surface area contributed by atoms with Gasteiger partial charge in [0.15, 0.2) is 0 Å². The molecule has 152 valence electrons. The summed E-state index contributed by atoms with van der Waals surface area (Å²) in [6, 6.07) is 6.84. The van der Waals surface area contributed by atoms with E-state index in [9.17, 15) is 13.2 Å². The molecule has 0 aromatic carbocycles. The minimum atomic E-state index is -4.41. The molecule has 1 fully saturated rings. The second-order valence-corrected chi connectivity index (χ2v) is 7.72. The molecule has 28 heavy (non-hydrogen) atoms. The van der Waals surface area contributed by atoms with Gasteiger partial charge in [0.2, 0.25) is 0 Å². The molecule has 1 aliphatic rings. The van der Waals surface area contributed by atoms with E-state index < -0.39 is 11.9 Å². The molecule has 2 aromatic heterocycles. The van der Waals surface area contributed by atoms with E-state index in [2.05, 4.69) is 41.2 Å². The highest BCUT2D eigenvalue weighted by Gasteiger charge is 2.32. The molecule has 1 saturated heterocycles. The van der Waals surface area contributed by atoms with Gasteiger partial charge in [0.05, 0.1) is 0 Å². The van der Waals surface area contributed by atoms with Crippen LogP contribution in [0.25, 0.3) is 0 Å². The van der Waals surface area contributed by atoms with Crippen LogP contribution >= 0.6 is 0 Å². The molecule has 4 nitrogen and oxygen atoms in total. The third-order valence-corrected chi connectivity index (χ3v) is 5.16. The highest BCUT2D eigenvalue weighted by atomic mass is 19.4. The fourth-order valence-corrected chi connectivity index (χ4v) is 3.38. The summed E-state index contributed by atoms with van der Waals surface area (Å²) in [5.74, 6) is 1.40. The molecule has 1 N–H and O–H groups in total. The highest BCUT2D eigenvalue weighted by Crippen LogP contribution is 2.29. The zero-order valence-corrected chi connectivity index (χ0v) is 16.6. The second kappa shape index (κ2) is 8.47. The molecule has 1 aliphatic heterocycles. The summed E-state index contributed by atoms with van der Waals surface area (Å²) in [6.07, 6.45) is -2.42. The SMILES string of the molecule is CC(C)c1cc(C[C@@H](C)c2ccc(C(F)(F)F)nc2)nc(N2CCNCC2)c1. The molecule has 2 aromatic rings. The van der Waals surface area contributed by atoms with E-state index in [4.69, 9.17) is 4.98 Å². The molecule has 3 heterocycles. The van der Waals surface area contributed by atoms with E-state index in [0.717, 1.165) is 49.3 Å². The molecule has 0 spiro atoms. The first-order chi connectivity index (χ1) is 13.2. The molecule has 1 atom stereocenters. The average Bonchev–Trinajstić information content (AvgIpc) is 2.68. The van der Waals surface area contributed by atoms with E-state index in [1.807, 2.05) is 6.92 Å². The Morgan fingerprint density at radius 2 is 1.79 bits per heavy atom. The van der Waals surface area contributed by atoms with Crippen molar-refractivity contribution in [3.63, 3.8) is 0 Å². The maximum absolute atomic E-state index is 12.7. The zero-order chi connectivity index (χ0) is 20.3. The molecular formula is C21H27F3N4. The summed E-state index contributed by atoms with van der Waals surface area (Å²) in [5, 5.41) is 3.35. The van der Waals surface area contributed by atoms with Crippen LogP contribution in [0.4, 0.5) is 19.0 Å². The second-order valence-electron chi connectivity index (χ2n) is 7.72. The van der Waals surface area contributed by atoms with Crippen LogP contribution in [0.5, 0.6) is 0 Å². The van der Waals surface area contributed by atoms with Gasteiger partial charge in [-0.25, -0.2) is 4.98 Å². The van der Waals surface area contributed by atoms with Gasteiger partial charge in [0.25, 0.3) is 0 Å². The largest absolute Gasteiger partial charge is 0.433 e. The van der Waals surface area contributed by atoms with Crippen molar-refractivity contribution in [2.45, 2.75) is 45.2 Å². The van der Waals surface area contributed by atoms with Gasteiger partial charge in [-0.2, -0.15) is 13.2 Å². The van der Waals surface area contributed by atoms with Gasteiger partial charge >= 0.3 is 6.18 Å². The molecule has 0 radical (unpaired) electrons. The molecule has 0 aliphatic carbocycles. The number of hydrogen-bond acceptors (Lipinski definition) is 4. The Bertz CT molecular complexity index is 781. The summed E-state index contributed by atoms with van der Waals surface area (Å²) >= 11 is 0. The van der Waals surface area contributed by atoms with Gasteiger partial charge in [-0.3, -0.25) is 4.98 Å². The predicted molar refractivity (Wildman–Crippen MR) is 105 cm³/mol. The van der Waals surface area contributed by atoms with Crippen molar-refractivity contribution in [2.75, 3.05) is 31.1 Å². The maximum atomic E-state index is 12.7. The first-order valence-corrected chi connectivity index (χ1v) is 9.73. The first-order valence-electron chi connectivity index (χ1n) is 9.73. The Hall–Kier alpha value is -2.15. The van der Waals surface area contributed by atoms with Crippen LogP contribution in [0.1, 0.15) is 55.1 Å². The lowest BCUT2D eigenvalue weighted by Crippen LogP contribution is -2.44. The van der Waals surface area contributed by atoms with Gasteiger partial charge in [0, 0.05) is 38.1 Å². The first kappa shape index (κ1) is 20.6. The van der Waals surface area contributed by atoms with E-state index in [-0.39, 0.29) is 5.92 Å². The fraction of sp³-hybridized carbons (Fsp3) is 0.524. The lowest BCUT2D eigenvalue weighted by Gasteiger charge is -2.29. The smallest absolute Gasteiger partial charge is 0.354 e. The maximum Gasteiger partial charge on any atom is 0.433 e. The van der Waals surface area contributed by atoms with Crippen molar-refractivity contribution >= 4 is 5.82 Å². The molecular weight excluding hydrogens is 365 g/mol. The molecule has 0 bridgehead atoms. The van der Waals surface area contributed by atoms with Gasteiger partial charge in [0.1, 0.15) is 11.5 Å². The van der Waals surface area contributed by atoms with Crippen LogP contribution in [0, 0.1) is 0 Å². The highest BCUT2D eigenvalue weighted by molar-refractivity contribution is 5.44. The van der Waals surface area contributed by atoms with Gasteiger partial charge in [-0.05, 0) is 47.6 Å². The fourth-order valence-electron chi connectivity index (χ4n) is 3.38. The van der Waals surface area contributed by atoms with Crippen LogP contribution < -0.4 is 10.2 Å². The van der Waals surface area contributed by atoms with Crippen molar-refractivity contribution < 1.29 is 13.2 Å². The standard InChI is InChI=1S/C21H27F3N4/c1-14(2)17-11-18(27-20(12-17)28-8-6-25-7-9-28)10-15(3)16-4-5-19(26-13-16)21(22,23)24/h4-5,11-15,25H,6-10H2,1-3H3/t15-/m1/s1. The third-order valence-electron chi connectivity index (χ3n) is 5.16. The van der Waals surface area contributed by atoms with E-state index in [1.165, 1.54) is 17.8 Å². The van der Waals surface area contributed by atoms with Crippen molar-refractivity contribution in [1.29, 1.82) is 0 Å². The molecule has 0 saturated carbocycles. The predicted octanol–water partition coefficient (Wildman–Crippen LogP) is 4.37. The number of rotatable bonds is 5. The topological polar surface area (TPSA) is 41.1 Å². The van der Waals surface area contributed by atoms with Crippen LogP contribution in [0.2, 0.25) is 0 Å². The van der Waals surface area contributed by atoms with E-state index >= 15 is 0 Å². The van der Waals surface area contributed by atoms with Crippen LogP contribution in [0.15, 0.2) is 30.5 Å².